The van der Waals surface area contributed by atoms with Crippen LogP contribution < -0.4 is 0 Å². The number of halogens is 1. The molecular weight excluding hydrogens is 553 g/mol. The SMILES string of the molecule is Cc1ccc(S(=O)(=O)N2C(=O)OC3(CC[C@H]4[C@@H]5CCC6=CC(=O)CC[C@]6(C)[C@H]5CC[C@@H]43)/C2=C\c2cccc(F)c2)cc1. The van der Waals surface area contributed by atoms with Crippen LogP contribution in [0.25, 0.3) is 6.08 Å². The molecule has 1 saturated heterocycles. The van der Waals surface area contributed by atoms with E-state index >= 15 is 0 Å². The summed E-state index contributed by atoms with van der Waals surface area (Å²) >= 11 is 0. The zero-order chi connectivity index (χ0) is 29.4. The number of benzene rings is 2. The lowest BCUT2D eigenvalue weighted by atomic mass is 9.49. The average molecular weight is 590 g/mol. The van der Waals surface area contributed by atoms with E-state index in [1.807, 2.05) is 13.0 Å². The summed E-state index contributed by atoms with van der Waals surface area (Å²) in [7, 11) is -4.28. The van der Waals surface area contributed by atoms with Crippen LogP contribution in [-0.4, -0.2) is 30.2 Å². The molecule has 8 heteroatoms. The summed E-state index contributed by atoms with van der Waals surface area (Å²) in [4.78, 5) is 25.9. The van der Waals surface area contributed by atoms with Gasteiger partial charge in [0.25, 0.3) is 10.0 Å². The van der Waals surface area contributed by atoms with Crippen molar-refractivity contribution in [3.63, 3.8) is 0 Å². The molecule has 2 aromatic rings. The molecule has 220 valence electrons. The van der Waals surface area contributed by atoms with Crippen LogP contribution in [0.4, 0.5) is 9.18 Å². The normalized spacial score (nSPS) is 35.1. The maximum atomic E-state index is 14.3. The van der Waals surface area contributed by atoms with Crippen molar-refractivity contribution in [2.45, 2.75) is 75.7 Å². The zero-order valence-electron chi connectivity index (χ0n) is 24.0. The van der Waals surface area contributed by atoms with Crippen molar-refractivity contribution in [3.05, 3.63) is 82.8 Å². The monoisotopic (exact) mass is 589 g/mol. The number of ether oxygens (including phenoxy) is 1. The minimum Gasteiger partial charge on any atom is -0.435 e. The first-order valence-electron chi connectivity index (χ1n) is 15.1. The van der Waals surface area contributed by atoms with Gasteiger partial charge in [0.2, 0.25) is 0 Å². The molecule has 1 unspecified atom stereocenters. The third kappa shape index (κ3) is 4.04. The number of fused-ring (bicyclic) bond motifs is 6. The highest BCUT2D eigenvalue weighted by Crippen LogP contribution is 2.66. The highest BCUT2D eigenvalue weighted by atomic mass is 32.2. The maximum absolute atomic E-state index is 14.3. The van der Waals surface area contributed by atoms with Gasteiger partial charge in [0.05, 0.1) is 10.6 Å². The number of rotatable bonds is 3. The predicted molar refractivity (Wildman–Crippen MR) is 156 cm³/mol. The lowest BCUT2D eigenvalue weighted by molar-refractivity contribution is -0.117. The van der Waals surface area contributed by atoms with Crippen LogP contribution >= 0.6 is 0 Å². The molecule has 3 saturated carbocycles. The predicted octanol–water partition coefficient (Wildman–Crippen LogP) is 7.20. The van der Waals surface area contributed by atoms with Gasteiger partial charge in [-0.1, -0.05) is 42.3 Å². The Morgan fingerprint density at radius 2 is 1.69 bits per heavy atom. The zero-order valence-corrected chi connectivity index (χ0v) is 24.8. The Bertz CT molecular complexity index is 1650. The van der Waals surface area contributed by atoms with E-state index in [0.717, 1.165) is 48.4 Å². The molecule has 6 atom stereocenters. The summed E-state index contributed by atoms with van der Waals surface area (Å²) in [5.74, 6) is 0.879. The molecule has 0 aromatic heterocycles. The standard InChI is InChI=1S/C34H36FNO5S/c1-21-6-9-26(10-7-21)42(39,40)36-31(19-22-4-3-5-24(35)18-22)34(41-32(36)38)17-15-28-27-11-8-23-20-25(37)14-16-33(23,2)29(27)12-13-30(28)34/h3-7,9-10,18-20,27-30H,8,11-17H2,1-2H3/b31-19+/t27-,28-,29-,30-,33-,34?/m0/s1. The van der Waals surface area contributed by atoms with Crippen molar-refractivity contribution >= 4 is 28.0 Å². The van der Waals surface area contributed by atoms with Crippen molar-refractivity contribution in [2.75, 3.05) is 0 Å². The first-order chi connectivity index (χ1) is 20.0. The van der Waals surface area contributed by atoms with Crippen LogP contribution in [0.5, 0.6) is 0 Å². The molecule has 6 nitrogen and oxygen atoms in total. The van der Waals surface area contributed by atoms with Gasteiger partial charge in [-0.2, -0.15) is 4.31 Å². The minimum atomic E-state index is -4.28. The summed E-state index contributed by atoms with van der Waals surface area (Å²) in [5.41, 5.74) is 1.87. The number of amides is 1. The van der Waals surface area contributed by atoms with Crippen molar-refractivity contribution < 1.29 is 27.1 Å². The third-order valence-corrected chi connectivity index (χ3v) is 12.8. The van der Waals surface area contributed by atoms with Crippen molar-refractivity contribution in [1.82, 2.24) is 4.31 Å². The third-order valence-electron chi connectivity index (χ3n) is 11.1. The highest BCUT2D eigenvalue weighted by Gasteiger charge is 2.66. The van der Waals surface area contributed by atoms with Gasteiger partial charge in [0.1, 0.15) is 5.82 Å². The summed E-state index contributed by atoms with van der Waals surface area (Å²) in [5, 5.41) is 0. The van der Waals surface area contributed by atoms with E-state index in [2.05, 4.69) is 6.92 Å². The Balaban J connectivity index is 1.31. The van der Waals surface area contributed by atoms with Crippen molar-refractivity contribution in [2.24, 2.45) is 29.1 Å². The quantitative estimate of drug-likeness (QED) is 0.378. The average Bonchev–Trinajstić information content (AvgIpc) is 3.46. The molecule has 0 bridgehead atoms. The Morgan fingerprint density at radius 3 is 2.45 bits per heavy atom. The van der Waals surface area contributed by atoms with E-state index in [4.69, 9.17) is 4.74 Å². The number of aryl methyl sites for hydroxylation is 1. The number of carbonyl (C=O) groups excluding carboxylic acids is 2. The van der Waals surface area contributed by atoms with Gasteiger partial charge in [0.15, 0.2) is 11.4 Å². The van der Waals surface area contributed by atoms with Gasteiger partial charge < -0.3 is 4.74 Å². The van der Waals surface area contributed by atoms with Crippen LogP contribution in [0.1, 0.15) is 69.4 Å². The van der Waals surface area contributed by atoms with Crippen LogP contribution in [0.2, 0.25) is 0 Å². The Hall–Kier alpha value is -3.26. The molecule has 0 N–H and O–H groups in total. The Kier molecular flexibility index (Phi) is 6.32. The fourth-order valence-electron chi connectivity index (χ4n) is 9.17. The van der Waals surface area contributed by atoms with E-state index in [-0.39, 0.29) is 33.6 Å². The second kappa shape index (κ2) is 9.63. The molecule has 4 fully saturated rings. The maximum Gasteiger partial charge on any atom is 0.429 e. The second-order valence-electron chi connectivity index (χ2n) is 13.2. The highest BCUT2D eigenvalue weighted by molar-refractivity contribution is 7.89. The number of allylic oxidation sites excluding steroid dienone is 1. The van der Waals surface area contributed by atoms with E-state index in [1.54, 1.807) is 30.3 Å². The number of ketones is 1. The van der Waals surface area contributed by atoms with E-state index in [9.17, 15) is 22.4 Å². The first kappa shape index (κ1) is 27.6. The molecule has 42 heavy (non-hydrogen) atoms. The first-order valence-corrected chi connectivity index (χ1v) is 16.5. The second-order valence-corrected chi connectivity index (χ2v) is 15.0. The van der Waals surface area contributed by atoms with Crippen LogP contribution in [0.3, 0.4) is 0 Å². The number of carbonyl (C=O) groups is 2. The van der Waals surface area contributed by atoms with Gasteiger partial charge in [-0.05, 0) is 117 Å². The van der Waals surface area contributed by atoms with Gasteiger partial charge in [-0.25, -0.2) is 17.6 Å². The van der Waals surface area contributed by atoms with Gasteiger partial charge in [0, 0.05) is 12.3 Å². The molecule has 1 heterocycles. The van der Waals surface area contributed by atoms with Crippen LogP contribution in [0.15, 0.2) is 70.8 Å². The van der Waals surface area contributed by atoms with E-state index in [1.165, 1.54) is 29.8 Å². The molecule has 4 aliphatic carbocycles. The van der Waals surface area contributed by atoms with Crippen LogP contribution in [0, 0.1) is 41.8 Å². The summed E-state index contributed by atoms with van der Waals surface area (Å²) < 4.78 is 49.5. The topological polar surface area (TPSA) is 80.8 Å². The number of hydrogen-bond donors (Lipinski definition) is 0. The van der Waals surface area contributed by atoms with Gasteiger partial charge in [-0.3, -0.25) is 4.79 Å². The molecule has 2 aromatic carbocycles. The molecule has 0 radical (unpaired) electrons. The summed E-state index contributed by atoms with van der Waals surface area (Å²) in [6.07, 6.45) is 9.08. The van der Waals surface area contributed by atoms with Crippen molar-refractivity contribution in [1.29, 1.82) is 0 Å². The largest absolute Gasteiger partial charge is 0.435 e. The molecule has 7 rings (SSSR count). The van der Waals surface area contributed by atoms with Crippen molar-refractivity contribution in [3.8, 4) is 0 Å². The summed E-state index contributed by atoms with van der Waals surface area (Å²) in [6.45, 7) is 4.20. The number of nitrogens with zero attached hydrogens (tertiary/aromatic N) is 1. The van der Waals surface area contributed by atoms with Gasteiger partial charge in [-0.15, -0.1) is 0 Å². The van der Waals surface area contributed by atoms with Crippen LogP contribution in [-0.2, 0) is 19.6 Å². The minimum absolute atomic E-state index is 0.00491. The number of sulfonamides is 1. The Labute approximate surface area is 246 Å². The molecule has 1 aliphatic heterocycles. The molecule has 5 aliphatic rings. The fraction of sp³-hybridized carbons (Fsp3) is 0.471. The number of hydrogen-bond acceptors (Lipinski definition) is 5. The molecule has 1 amide bonds. The lowest BCUT2D eigenvalue weighted by Gasteiger charge is -2.55. The lowest BCUT2D eigenvalue weighted by Crippen LogP contribution is -2.50. The van der Waals surface area contributed by atoms with E-state index < -0.39 is 27.5 Å². The Morgan fingerprint density at radius 1 is 0.952 bits per heavy atom. The van der Waals surface area contributed by atoms with E-state index in [0.29, 0.717) is 30.2 Å². The molecule has 1 spiro atoms. The van der Waals surface area contributed by atoms with Gasteiger partial charge >= 0.3 is 6.09 Å². The summed E-state index contributed by atoms with van der Waals surface area (Å²) in [6, 6.07) is 12.4. The molecular formula is C34H36FNO5S. The smallest absolute Gasteiger partial charge is 0.429 e. The fourth-order valence-corrected chi connectivity index (χ4v) is 10.6.